The molecular weight excluding hydrogens is 126 g/mol. The van der Waals surface area contributed by atoms with Crippen LogP contribution in [0, 0.1) is 5.92 Å². The molecule has 1 saturated carbocycles. The fraction of sp³-hybridized carbons (Fsp3) is 1.00. The van der Waals surface area contributed by atoms with Gasteiger partial charge in [0.1, 0.15) is 0 Å². The zero-order valence-electron chi connectivity index (χ0n) is 6.80. The third kappa shape index (κ3) is 1.18. The van der Waals surface area contributed by atoms with Crippen molar-refractivity contribution in [1.82, 2.24) is 0 Å². The predicted molar refractivity (Wildman–Crippen MR) is 41.6 cm³/mol. The Bertz CT molecular complexity index is 118. The van der Waals surface area contributed by atoms with Crippen LogP contribution < -0.4 is 5.73 Å². The first-order valence-corrected chi connectivity index (χ1v) is 4.04. The summed E-state index contributed by atoms with van der Waals surface area (Å²) >= 11 is 0. The number of aliphatic hydroxyl groups is 1. The van der Waals surface area contributed by atoms with E-state index in [1.165, 1.54) is 0 Å². The standard InChI is InChI=1S/C8H17NO/c1-6(2)7(9)8(10)4-3-5-8/h6-7,10H,3-5,9H2,1-2H3/t7-/m1/s1. The van der Waals surface area contributed by atoms with Gasteiger partial charge >= 0.3 is 0 Å². The van der Waals surface area contributed by atoms with Gasteiger partial charge in [-0.2, -0.15) is 0 Å². The molecule has 1 aliphatic rings. The Hall–Kier alpha value is -0.0800. The van der Waals surface area contributed by atoms with Crippen molar-refractivity contribution in [2.24, 2.45) is 11.7 Å². The maximum Gasteiger partial charge on any atom is 0.0800 e. The van der Waals surface area contributed by atoms with E-state index in [0.717, 1.165) is 19.3 Å². The zero-order valence-corrected chi connectivity index (χ0v) is 6.80. The van der Waals surface area contributed by atoms with Gasteiger partial charge in [0.25, 0.3) is 0 Å². The minimum Gasteiger partial charge on any atom is -0.388 e. The highest BCUT2D eigenvalue weighted by Crippen LogP contribution is 2.36. The van der Waals surface area contributed by atoms with E-state index in [9.17, 15) is 5.11 Å². The molecule has 0 unspecified atom stereocenters. The Kier molecular flexibility index (Phi) is 2.02. The number of hydrogen-bond acceptors (Lipinski definition) is 2. The largest absolute Gasteiger partial charge is 0.388 e. The average Bonchev–Trinajstić information content (AvgIpc) is 1.81. The van der Waals surface area contributed by atoms with Crippen molar-refractivity contribution < 1.29 is 5.11 Å². The lowest BCUT2D eigenvalue weighted by atomic mass is 9.72. The minimum atomic E-state index is -0.520. The quantitative estimate of drug-likeness (QED) is 0.603. The second kappa shape index (κ2) is 2.51. The second-order valence-electron chi connectivity index (χ2n) is 3.73. The summed E-state index contributed by atoms with van der Waals surface area (Å²) in [5, 5.41) is 9.72. The van der Waals surface area contributed by atoms with Crippen molar-refractivity contribution in [3.05, 3.63) is 0 Å². The van der Waals surface area contributed by atoms with Crippen LogP contribution in [0.15, 0.2) is 0 Å². The van der Waals surface area contributed by atoms with Crippen LogP contribution in [0.2, 0.25) is 0 Å². The van der Waals surface area contributed by atoms with Crippen molar-refractivity contribution in [1.29, 1.82) is 0 Å². The van der Waals surface area contributed by atoms with E-state index in [0.29, 0.717) is 5.92 Å². The van der Waals surface area contributed by atoms with Crippen molar-refractivity contribution in [2.45, 2.75) is 44.8 Å². The SMILES string of the molecule is CC(C)[C@@H](N)C1(O)CCC1. The molecule has 2 nitrogen and oxygen atoms in total. The summed E-state index contributed by atoms with van der Waals surface area (Å²) in [6.45, 7) is 4.11. The summed E-state index contributed by atoms with van der Waals surface area (Å²) in [5.74, 6) is 0.394. The van der Waals surface area contributed by atoms with Gasteiger partial charge in [-0.3, -0.25) is 0 Å². The molecule has 1 atom stereocenters. The fourth-order valence-corrected chi connectivity index (χ4v) is 1.49. The van der Waals surface area contributed by atoms with Crippen LogP contribution in [0.1, 0.15) is 33.1 Å². The summed E-state index contributed by atoms with van der Waals surface area (Å²) in [4.78, 5) is 0. The Morgan fingerprint density at radius 3 is 2.00 bits per heavy atom. The first-order chi connectivity index (χ1) is 4.56. The van der Waals surface area contributed by atoms with Crippen molar-refractivity contribution in [3.8, 4) is 0 Å². The molecule has 1 rings (SSSR count). The van der Waals surface area contributed by atoms with E-state index in [1.54, 1.807) is 0 Å². The van der Waals surface area contributed by atoms with E-state index in [1.807, 2.05) is 0 Å². The molecule has 0 aliphatic heterocycles. The van der Waals surface area contributed by atoms with Crippen LogP contribution in [0.5, 0.6) is 0 Å². The molecule has 0 spiro atoms. The first-order valence-electron chi connectivity index (χ1n) is 4.04. The molecule has 3 N–H and O–H groups in total. The summed E-state index contributed by atoms with van der Waals surface area (Å²) in [5.41, 5.74) is 5.29. The van der Waals surface area contributed by atoms with Gasteiger partial charge < -0.3 is 10.8 Å². The van der Waals surface area contributed by atoms with Gasteiger partial charge in [0.05, 0.1) is 5.60 Å². The number of hydrogen-bond donors (Lipinski definition) is 2. The van der Waals surface area contributed by atoms with E-state index >= 15 is 0 Å². The minimum absolute atomic E-state index is 0.0266. The Balaban J connectivity index is 2.46. The lowest BCUT2D eigenvalue weighted by Crippen LogP contribution is -2.55. The Morgan fingerprint density at radius 1 is 1.40 bits per heavy atom. The normalized spacial score (nSPS) is 26.1. The Labute approximate surface area is 62.4 Å². The van der Waals surface area contributed by atoms with Gasteiger partial charge in [-0.1, -0.05) is 13.8 Å². The molecule has 0 bridgehead atoms. The van der Waals surface area contributed by atoms with E-state index in [-0.39, 0.29) is 6.04 Å². The first kappa shape index (κ1) is 8.02. The molecule has 10 heavy (non-hydrogen) atoms. The molecule has 0 aromatic heterocycles. The van der Waals surface area contributed by atoms with Gasteiger partial charge in [0.15, 0.2) is 0 Å². The third-order valence-corrected chi connectivity index (χ3v) is 2.56. The van der Waals surface area contributed by atoms with Gasteiger partial charge in [-0.05, 0) is 25.2 Å². The molecule has 0 aromatic rings. The zero-order chi connectivity index (χ0) is 7.78. The van der Waals surface area contributed by atoms with Crippen molar-refractivity contribution >= 4 is 0 Å². The molecule has 2 heteroatoms. The van der Waals surface area contributed by atoms with Crippen molar-refractivity contribution in [2.75, 3.05) is 0 Å². The molecule has 0 amide bonds. The average molecular weight is 143 g/mol. The lowest BCUT2D eigenvalue weighted by molar-refractivity contribution is -0.0657. The predicted octanol–water partition coefficient (Wildman–Crippen LogP) is 0.885. The van der Waals surface area contributed by atoms with E-state index < -0.39 is 5.60 Å². The van der Waals surface area contributed by atoms with Crippen molar-refractivity contribution in [3.63, 3.8) is 0 Å². The van der Waals surface area contributed by atoms with Crippen LogP contribution >= 0.6 is 0 Å². The molecule has 0 radical (unpaired) electrons. The maximum atomic E-state index is 9.72. The summed E-state index contributed by atoms with van der Waals surface area (Å²) in [6, 6.07) is -0.0266. The highest BCUT2D eigenvalue weighted by Gasteiger charge is 2.41. The smallest absolute Gasteiger partial charge is 0.0800 e. The van der Waals surface area contributed by atoms with E-state index in [4.69, 9.17) is 5.73 Å². The summed E-state index contributed by atoms with van der Waals surface area (Å²) < 4.78 is 0. The maximum absolute atomic E-state index is 9.72. The monoisotopic (exact) mass is 143 g/mol. The summed E-state index contributed by atoms with van der Waals surface area (Å²) in [7, 11) is 0. The molecule has 60 valence electrons. The van der Waals surface area contributed by atoms with Gasteiger partial charge in [0, 0.05) is 6.04 Å². The van der Waals surface area contributed by atoms with E-state index in [2.05, 4.69) is 13.8 Å². The van der Waals surface area contributed by atoms with Crippen LogP contribution in [0.25, 0.3) is 0 Å². The highest BCUT2D eigenvalue weighted by atomic mass is 16.3. The van der Waals surface area contributed by atoms with Gasteiger partial charge in [-0.25, -0.2) is 0 Å². The fourth-order valence-electron chi connectivity index (χ4n) is 1.49. The molecule has 0 heterocycles. The summed E-state index contributed by atoms with van der Waals surface area (Å²) in [6.07, 6.45) is 2.93. The molecule has 1 aliphatic carbocycles. The Morgan fingerprint density at radius 2 is 1.90 bits per heavy atom. The van der Waals surface area contributed by atoms with Crippen LogP contribution in [0.3, 0.4) is 0 Å². The van der Waals surface area contributed by atoms with Crippen LogP contribution in [0.4, 0.5) is 0 Å². The molecule has 0 aromatic carbocycles. The van der Waals surface area contributed by atoms with Gasteiger partial charge in [-0.15, -0.1) is 0 Å². The topological polar surface area (TPSA) is 46.2 Å². The molecule has 1 fully saturated rings. The van der Waals surface area contributed by atoms with Gasteiger partial charge in [0.2, 0.25) is 0 Å². The second-order valence-corrected chi connectivity index (χ2v) is 3.73. The number of nitrogens with two attached hydrogens (primary N) is 1. The van der Waals surface area contributed by atoms with Crippen LogP contribution in [-0.4, -0.2) is 16.7 Å². The molecule has 0 saturated heterocycles. The third-order valence-electron chi connectivity index (χ3n) is 2.56. The highest BCUT2D eigenvalue weighted by molar-refractivity contribution is 4.97. The number of rotatable bonds is 2. The molecular formula is C8H17NO. The van der Waals surface area contributed by atoms with Crippen LogP contribution in [-0.2, 0) is 0 Å². The lowest BCUT2D eigenvalue weighted by Gasteiger charge is -2.43.